The maximum Gasteiger partial charge on any atom is 0.0953 e. The van der Waals surface area contributed by atoms with Crippen molar-refractivity contribution >= 4 is 0 Å². The minimum absolute atomic E-state index is 0.951. The zero-order chi connectivity index (χ0) is 11.4. The third-order valence-corrected chi connectivity index (χ3v) is 2.61. The van der Waals surface area contributed by atoms with Crippen LogP contribution in [0.2, 0.25) is 0 Å². The Hall–Kier alpha value is -1.68. The first kappa shape index (κ1) is 10.8. The maximum absolute atomic E-state index is 4.43. The van der Waals surface area contributed by atoms with E-state index in [0.29, 0.717) is 0 Å². The van der Waals surface area contributed by atoms with Crippen molar-refractivity contribution in [3.8, 4) is 11.3 Å². The van der Waals surface area contributed by atoms with Gasteiger partial charge in [0.25, 0.3) is 0 Å². The van der Waals surface area contributed by atoms with E-state index in [1.165, 1.54) is 5.69 Å². The largest absolute Gasteiger partial charge is 0.337 e. The van der Waals surface area contributed by atoms with E-state index in [-0.39, 0.29) is 0 Å². The molecule has 2 aromatic heterocycles. The van der Waals surface area contributed by atoms with Gasteiger partial charge in [-0.15, -0.1) is 0 Å². The minimum atomic E-state index is 0.951. The van der Waals surface area contributed by atoms with Crippen molar-refractivity contribution in [2.45, 2.75) is 6.42 Å². The average molecular weight is 216 g/mol. The number of imidazole rings is 1. The van der Waals surface area contributed by atoms with E-state index >= 15 is 0 Å². The molecule has 1 N–H and O–H groups in total. The number of nitrogens with zero attached hydrogens (tertiary/aromatic N) is 3. The summed E-state index contributed by atoms with van der Waals surface area (Å²) in [7, 11) is 3.98. The molecule has 0 unspecified atom stereocenters. The van der Waals surface area contributed by atoms with Crippen molar-refractivity contribution in [1.29, 1.82) is 0 Å². The van der Waals surface area contributed by atoms with E-state index in [0.717, 1.165) is 24.2 Å². The Labute approximate surface area is 95.4 Å². The first-order valence-electron chi connectivity index (χ1n) is 5.38. The summed E-state index contributed by atoms with van der Waals surface area (Å²) in [6.45, 7) is 0.951. The molecule has 2 rings (SSSR count). The Morgan fingerprint density at radius 3 is 3.00 bits per heavy atom. The summed E-state index contributed by atoms with van der Waals surface area (Å²) >= 11 is 0. The first-order chi connectivity index (χ1) is 7.83. The molecule has 0 spiro atoms. The second kappa shape index (κ2) is 4.90. The number of aryl methyl sites for hydroxylation is 1. The van der Waals surface area contributed by atoms with Gasteiger partial charge in [-0.3, -0.25) is 4.98 Å². The van der Waals surface area contributed by atoms with Gasteiger partial charge in [-0.2, -0.15) is 0 Å². The van der Waals surface area contributed by atoms with Gasteiger partial charge in [0, 0.05) is 43.7 Å². The molecule has 16 heavy (non-hydrogen) atoms. The third-order valence-electron chi connectivity index (χ3n) is 2.61. The number of rotatable bonds is 4. The number of hydrogen-bond donors (Lipinski definition) is 1. The highest BCUT2D eigenvalue weighted by Gasteiger charge is 2.10. The highest BCUT2D eigenvalue weighted by Crippen LogP contribution is 2.20. The van der Waals surface area contributed by atoms with E-state index in [4.69, 9.17) is 0 Å². The van der Waals surface area contributed by atoms with E-state index < -0.39 is 0 Å². The molecule has 0 aliphatic rings. The molecule has 0 aliphatic carbocycles. The fraction of sp³-hybridized carbons (Fsp3) is 0.333. The lowest BCUT2D eigenvalue weighted by molar-refractivity contribution is 0.738. The lowest BCUT2D eigenvalue weighted by atomic mass is 10.1. The molecule has 0 saturated heterocycles. The molecule has 0 aromatic carbocycles. The molecular formula is C12H16N4. The van der Waals surface area contributed by atoms with Crippen molar-refractivity contribution in [2.24, 2.45) is 7.05 Å². The van der Waals surface area contributed by atoms with Crippen molar-refractivity contribution in [3.63, 3.8) is 0 Å². The van der Waals surface area contributed by atoms with Gasteiger partial charge in [0.15, 0.2) is 0 Å². The van der Waals surface area contributed by atoms with Crippen LogP contribution in [0.3, 0.4) is 0 Å². The molecule has 0 aliphatic heterocycles. The number of nitrogens with one attached hydrogen (secondary N) is 1. The van der Waals surface area contributed by atoms with Crippen LogP contribution in [0, 0.1) is 0 Å². The molecule has 4 nitrogen and oxygen atoms in total. The second-order valence-electron chi connectivity index (χ2n) is 3.75. The van der Waals surface area contributed by atoms with Crippen LogP contribution in [0.4, 0.5) is 0 Å². The molecule has 2 aromatic rings. The summed E-state index contributed by atoms with van der Waals surface area (Å²) in [6.07, 6.45) is 6.45. The van der Waals surface area contributed by atoms with E-state index in [2.05, 4.69) is 19.9 Å². The molecule has 2 heterocycles. The number of pyridine rings is 1. The van der Waals surface area contributed by atoms with Crippen molar-refractivity contribution in [3.05, 3.63) is 36.5 Å². The highest BCUT2D eigenvalue weighted by molar-refractivity contribution is 5.60. The fourth-order valence-corrected chi connectivity index (χ4v) is 1.74. The van der Waals surface area contributed by atoms with Crippen LogP contribution in [0.5, 0.6) is 0 Å². The van der Waals surface area contributed by atoms with Gasteiger partial charge in [0.1, 0.15) is 0 Å². The summed E-state index contributed by atoms with van der Waals surface area (Å²) in [4.78, 5) is 8.56. The molecule has 84 valence electrons. The Morgan fingerprint density at radius 2 is 2.31 bits per heavy atom. The number of hydrogen-bond acceptors (Lipinski definition) is 3. The van der Waals surface area contributed by atoms with Crippen LogP contribution >= 0.6 is 0 Å². The predicted octanol–water partition coefficient (Wildman–Crippen LogP) is 1.24. The topological polar surface area (TPSA) is 42.7 Å². The van der Waals surface area contributed by atoms with Crippen LogP contribution in [0.25, 0.3) is 11.3 Å². The number of aromatic nitrogens is 3. The van der Waals surface area contributed by atoms with Crippen LogP contribution in [0.15, 0.2) is 30.9 Å². The summed E-state index contributed by atoms with van der Waals surface area (Å²) in [6, 6.07) is 3.98. The van der Waals surface area contributed by atoms with E-state index in [1.807, 2.05) is 38.8 Å². The standard InChI is InChI=1S/C12H16N4/c1-13-7-5-11-12(15-9-16(11)2)10-4-3-6-14-8-10/h3-4,6,8-9,13H,5,7H2,1-2H3. The van der Waals surface area contributed by atoms with Crippen LogP contribution in [-0.2, 0) is 13.5 Å². The molecule has 0 amide bonds. The monoisotopic (exact) mass is 216 g/mol. The molecule has 4 heteroatoms. The van der Waals surface area contributed by atoms with Crippen molar-refractivity contribution in [2.75, 3.05) is 13.6 Å². The minimum Gasteiger partial charge on any atom is -0.337 e. The van der Waals surface area contributed by atoms with Gasteiger partial charge in [0.2, 0.25) is 0 Å². The molecule has 0 bridgehead atoms. The van der Waals surface area contributed by atoms with Gasteiger partial charge < -0.3 is 9.88 Å². The third kappa shape index (κ3) is 2.12. The van der Waals surface area contributed by atoms with Crippen LogP contribution < -0.4 is 5.32 Å². The Kier molecular flexibility index (Phi) is 3.31. The first-order valence-corrected chi connectivity index (χ1v) is 5.38. The SMILES string of the molecule is CNCCc1c(-c2cccnc2)ncn1C. The van der Waals surface area contributed by atoms with Crippen LogP contribution in [0.1, 0.15) is 5.69 Å². The molecule has 0 fully saturated rings. The lowest BCUT2D eigenvalue weighted by Gasteiger charge is -2.05. The van der Waals surface area contributed by atoms with Gasteiger partial charge in [-0.1, -0.05) is 0 Å². The van der Waals surface area contributed by atoms with Gasteiger partial charge in [-0.25, -0.2) is 4.98 Å². The van der Waals surface area contributed by atoms with Gasteiger partial charge in [-0.05, 0) is 19.2 Å². The van der Waals surface area contributed by atoms with E-state index in [1.54, 1.807) is 6.20 Å². The van der Waals surface area contributed by atoms with Gasteiger partial charge in [0.05, 0.1) is 12.0 Å². The zero-order valence-electron chi connectivity index (χ0n) is 9.64. The zero-order valence-corrected chi connectivity index (χ0v) is 9.64. The molecule has 0 saturated carbocycles. The second-order valence-corrected chi connectivity index (χ2v) is 3.75. The highest BCUT2D eigenvalue weighted by atomic mass is 15.0. The summed E-state index contributed by atoms with van der Waals surface area (Å²) in [5, 5.41) is 3.16. The van der Waals surface area contributed by atoms with Crippen LogP contribution in [-0.4, -0.2) is 28.1 Å². The Morgan fingerprint density at radius 1 is 1.44 bits per heavy atom. The quantitative estimate of drug-likeness (QED) is 0.836. The smallest absolute Gasteiger partial charge is 0.0953 e. The molecule has 0 radical (unpaired) electrons. The Balaban J connectivity index is 2.34. The maximum atomic E-state index is 4.43. The summed E-state index contributed by atoms with van der Waals surface area (Å²) in [5.41, 5.74) is 3.35. The fourth-order valence-electron chi connectivity index (χ4n) is 1.74. The Bertz CT molecular complexity index is 447. The van der Waals surface area contributed by atoms with Crippen molar-refractivity contribution in [1.82, 2.24) is 19.9 Å². The molecule has 0 atom stereocenters. The number of likely N-dealkylation sites (N-methyl/N-ethyl adjacent to an activating group) is 1. The average Bonchev–Trinajstić information content (AvgIpc) is 2.69. The summed E-state index contributed by atoms with van der Waals surface area (Å²) < 4.78 is 2.07. The van der Waals surface area contributed by atoms with Gasteiger partial charge >= 0.3 is 0 Å². The molecular weight excluding hydrogens is 200 g/mol. The lowest BCUT2D eigenvalue weighted by Crippen LogP contribution is -2.12. The van der Waals surface area contributed by atoms with E-state index in [9.17, 15) is 0 Å². The normalized spacial score (nSPS) is 10.6. The summed E-state index contributed by atoms with van der Waals surface area (Å²) in [5.74, 6) is 0. The predicted molar refractivity (Wildman–Crippen MR) is 64.1 cm³/mol. The van der Waals surface area contributed by atoms with Crippen molar-refractivity contribution < 1.29 is 0 Å².